The molecule has 3 aromatic carbocycles. The predicted octanol–water partition coefficient (Wildman–Crippen LogP) is 5.84. The van der Waals surface area contributed by atoms with Gasteiger partial charge in [0.1, 0.15) is 0 Å². The van der Waals surface area contributed by atoms with Gasteiger partial charge in [0.2, 0.25) is 0 Å². The van der Waals surface area contributed by atoms with Crippen molar-refractivity contribution < 1.29 is 9.53 Å². The standard InChI is InChI=1S/C28H24N2O2/c1-2-32-28(31)27-20-30(19-26(27)16-22-7-6-8-23(15-22)17-29)18-21-11-13-25(14-12-21)24-9-4-3-5-10-24/h3-15,19-20H,2,16,18H2,1H3. The van der Waals surface area contributed by atoms with Gasteiger partial charge in [0.15, 0.2) is 0 Å². The van der Waals surface area contributed by atoms with Gasteiger partial charge in [0.05, 0.1) is 23.8 Å². The monoisotopic (exact) mass is 420 g/mol. The number of nitrogens with zero attached hydrogens (tertiary/aromatic N) is 2. The summed E-state index contributed by atoms with van der Waals surface area (Å²) in [6, 6.07) is 28.4. The maximum atomic E-state index is 12.6. The fourth-order valence-electron chi connectivity index (χ4n) is 3.80. The van der Waals surface area contributed by atoms with Crippen LogP contribution < -0.4 is 0 Å². The first-order valence-electron chi connectivity index (χ1n) is 10.7. The molecule has 0 bridgehead atoms. The summed E-state index contributed by atoms with van der Waals surface area (Å²) in [5, 5.41) is 9.17. The molecular weight excluding hydrogens is 396 g/mol. The van der Waals surface area contributed by atoms with Crippen molar-refractivity contribution in [1.82, 2.24) is 4.57 Å². The number of ether oxygens (including phenoxy) is 1. The highest BCUT2D eigenvalue weighted by molar-refractivity contribution is 5.91. The number of hydrogen-bond donors (Lipinski definition) is 0. The molecule has 158 valence electrons. The lowest BCUT2D eigenvalue weighted by atomic mass is 10.0. The third-order valence-corrected chi connectivity index (χ3v) is 5.33. The molecule has 0 aliphatic carbocycles. The van der Waals surface area contributed by atoms with Gasteiger partial charge < -0.3 is 9.30 Å². The Bertz CT molecular complexity index is 1250. The molecule has 0 spiro atoms. The Morgan fingerprint density at radius 1 is 0.906 bits per heavy atom. The second-order valence-electron chi connectivity index (χ2n) is 7.64. The van der Waals surface area contributed by atoms with Gasteiger partial charge in [-0.1, -0.05) is 66.7 Å². The molecule has 0 atom stereocenters. The van der Waals surface area contributed by atoms with Gasteiger partial charge in [-0.25, -0.2) is 4.79 Å². The van der Waals surface area contributed by atoms with Crippen molar-refractivity contribution in [1.29, 1.82) is 5.26 Å². The van der Waals surface area contributed by atoms with E-state index in [0.717, 1.165) is 16.7 Å². The summed E-state index contributed by atoms with van der Waals surface area (Å²) in [6.45, 7) is 2.78. The van der Waals surface area contributed by atoms with Crippen LogP contribution in [0.25, 0.3) is 11.1 Å². The van der Waals surface area contributed by atoms with E-state index < -0.39 is 0 Å². The number of hydrogen-bond acceptors (Lipinski definition) is 3. The lowest BCUT2D eigenvalue weighted by Crippen LogP contribution is -2.06. The minimum Gasteiger partial charge on any atom is -0.462 e. The van der Waals surface area contributed by atoms with E-state index in [9.17, 15) is 10.1 Å². The molecule has 4 heteroatoms. The van der Waals surface area contributed by atoms with E-state index in [1.807, 2.05) is 53.4 Å². The van der Waals surface area contributed by atoms with Gasteiger partial charge in [-0.05, 0) is 53.3 Å². The van der Waals surface area contributed by atoms with Crippen LogP contribution in [0.4, 0.5) is 0 Å². The molecule has 0 amide bonds. The summed E-state index contributed by atoms with van der Waals surface area (Å²) < 4.78 is 7.30. The first-order chi connectivity index (χ1) is 15.7. The third kappa shape index (κ3) is 4.96. The summed E-state index contributed by atoms with van der Waals surface area (Å²) in [7, 11) is 0. The van der Waals surface area contributed by atoms with E-state index in [2.05, 4.69) is 42.5 Å². The first kappa shape index (κ1) is 21.1. The van der Waals surface area contributed by atoms with Crippen LogP contribution in [0.1, 0.15) is 39.5 Å². The van der Waals surface area contributed by atoms with E-state index in [1.54, 1.807) is 13.0 Å². The van der Waals surface area contributed by atoms with Gasteiger partial charge in [0.25, 0.3) is 0 Å². The maximum Gasteiger partial charge on any atom is 0.339 e. The van der Waals surface area contributed by atoms with E-state index in [0.29, 0.717) is 30.7 Å². The zero-order valence-corrected chi connectivity index (χ0v) is 18.0. The second-order valence-corrected chi connectivity index (χ2v) is 7.64. The van der Waals surface area contributed by atoms with Crippen LogP contribution in [0, 0.1) is 11.3 Å². The Morgan fingerprint density at radius 2 is 1.66 bits per heavy atom. The van der Waals surface area contributed by atoms with Gasteiger partial charge in [0, 0.05) is 18.9 Å². The van der Waals surface area contributed by atoms with E-state index in [4.69, 9.17) is 4.74 Å². The summed E-state index contributed by atoms with van der Waals surface area (Å²) in [5.41, 5.74) is 6.55. The Hall–Kier alpha value is -4.10. The van der Waals surface area contributed by atoms with Crippen LogP contribution in [0.5, 0.6) is 0 Å². The van der Waals surface area contributed by atoms with E-state index in [-0.39, 0.29) is 5.97 Å². The lowest BCUT2D eigenvalue weighted by molar-refractivity contribution is 0.0525. The van der Waals surface area contributed by atoms with Crippen molar-refractivity contribution in [2.24, 2.45) is 0 Å². The molecule has 4 nitrogen and oxygen atoms in total. The van der Waals surface area contributed by atoms with E-state index >= 15 is 0 Å². The topological polar surface area (TPSA) is 55.0 Å². The molecule has 0 fully saturated rings. The van der Waals surface area contributed by atoms with Gasteiger partial charge >= 0.3 is 5.97 Å². The van der Waals surface area contributed by atoms with Crippen LogP contribution in [-0.4, -0.2) is 17.1 Å². The molecule has 4 rings (SSSR count). The van der Waals surface area contributed by atoms with Crippen LogP contribution in [0.3, 0.4) is 0 Å². The number of esters is 1. The molecular formula is C28H24N2O2. The van der Waals surface area contributed by atoms with Crippen LogP contribution in [0.2, 0.25) is 0 Å². The summed E-state index contributed by atoms with van der Waals surface area (Å²) in [4.78, 5) is 12.6. The Labute approximate surface area is 188 Å². The molecule has 1 heterocycles. The van der Waals surface area contributed by atoms with E-state index in [1.165, 1.54) is 11.1 Å². The highest BCUT2D eigenvalue weighted by atomic mass is 16.5. The molecule has 1 aromatic heterocycles. The normalized spacial score (nSPS) is 10.5. The molecule has 0 saturated carbocycles. The fourth-order valence-corrected chi connectivity index (χ4v) is 3.80. The Kier molecular flexibility index (Phi) is 6.48. The van der Waals surface area contributed by atoms with Crippen molar-refractivity contribution in [2.75, 3.05) is 6.61 Å². The molecule has 0 radical (unpaired) electrons. The first-order valence-corrected chi connectivity index (χ1v) is 10.7. The molecule has 0 N–H and O–H groups in total. The van der Waals surface area contributed by atoms with Gasteiger partial charge in [-0.2, -0.15) is 5.26 Å². The summed E-state index contributed by atoms with van der Waals surface area (Å²) in [5.74, 6) is -0.322. The van der Waals surface area contributed by atoms with Crippen LogP contribution >= 0.6 is 0 Å². The summed E-state index contributed by atoms with van der Waals surface area (Å²) in [6.07, 6.45) is 4.41. The Morgan fingerprint density at radius 3 is 2.38 bits per heavy atom. The third-order valence-electron chi connectivity index (χ3n) is 5.33. The zero-order valence-electron chi connectivity index (χ0n) is 18.0. The molecule has 32 heavy (non-hydrogen) atoms. The minimum absolute atomic E-state index is 0.322. The second kappa shape index (κ2) is 9.80. The largest absolute Gasteiger partial charge is 0.462 e. The smallest absolute Gasteiger partial charge is 0.339 e. The zero-order chi connectivity index (χ0) is 22.3. The number of benzene rings is 3. The SMILES string of the molecule is CCOC(=O)c1cn(Cc2ccc(-c3ccccc3)cc2)cc1Cc1cccc(C#N)c1. The van der Waals surface area contributed by atoms with Crippen molar-refractivity contribution in [3.63, 3.8) is 0 Å². The highest BCUT2D eigenvalue weighted by Gasteiger charge is 2.16. The number of carbonyl (C=O) groups is 1. The quantitative estimate of drug-likeness (QED) is 0.353. The van der Waals surface area contributed by atoms with Crippen molar-refractivity contribution in [2.45, 2.75) is 19.9 Å². The molecule has 0 aliphatic heterocycles. The average Bonchev–Trinajstić information content (AvgIpc) is 3.22. The van der Waals surface area contributed by atoms with Crippen LogP contribution in [0.15, 0.2) is 91.3 Å². The number of rotatable bonds is 7. The maximum absolute atomic E-state index is 12.6. The number of aromatic nitrogens is 1. The van der Waals surface area contributed by atoms with Crippen LogP contribution in [-0.2, 0) is 17.7 Å². The lowest BCUT2D eigenvalue weighted by Gasteiger charge is -2.06. The fraction of sp³-hybridized carbons (Fsp3) is 0.143. The molecule has 0 saturated heterocycles. The minimum atomic E-state index is -0.322. The average molecular weight is 421 g/mol. The molecule has 0 aliphatic rings. The van der Waals surface area contributed by atoms with Gasteiger partial charge in [-0.3, -0.25) is 0 Å². The number of carbonyl (C=O) groups excluding carboxylic acids is 1. The van der Waals surface area contributed by atoms with Crippen molar-refractivity contribution >= 4 is 5.97 Å². The van der Waals surface area contributed by atoms with Gasteiger partial charge in [-0.15, -0.1) is 0 Å². The summed E-state index contributed by atoms with van der Waals surface area (Å²) >= 11 is 0. The van der Waals surface area contributed by atoms with Crippen molar-refractivity contribution in [3.8, 4) is 17.2 Å². The predicted molar refractivity (Wildman–Crippen MR) is 125 cm³/mol. The molecule has 4 aromatic rings. The Balaban J connectivity index is 1.58. The van der Waals surface area contributed by atoms with Crippen molar-refractivity contribution in [3.05, 3.63) is 119 Å². The number of nitriles is 1. The highest BCUT2D eigenvalue weighted by Crippen LogP contribution is 2.22. The molecule has 0 unspecified atom stereocenters.